The largest absolute Gasteiger partial charge is 0.493 e. The molecule has 0 bridgehead atoms. The van der Waals surface area contributed by atoms with Gasteiger partial charge in [0.1, 0.15) is 11.5 Å². The van der Waals surface area contributed by atoms with E-state index >= 15 is 0 Å². The first kappa shape index (κ1) is 25.9. The molecule has 0 saturated carbocycles. The van der Waals surface area contributed by atoms with Crippen molar-refractivity contribution in [2.24, 2.45) is 5.41 Å². The number of aryl methyl sites for hydroxylation is 1. The number of fused-ring (bicyclic) bond motifs is 1. The highest BCUT2D eigenvalue weighted by molar-refractivity contribution is 6.33. The van der Waals surface area contributed by atoms with E-state index in [0.717, 1.165) is 65.9 Å². The van der Waals surface area contributed by atoms with E-state index in [1.807, 2.05) is 19.2 Å². The molecular weight excluding hydrogens is 452 g/mol. The zero-order valence-electron chi connectivity index (χ0n) is 21.0. The third-order valence-electron chi connectivity index (χ3n) is 5.46. The molecule has 0 unspecified atom stereocenters. The predicted molar refractivity (Wildman–Crippen MR) is 137 cm³/mol. The summed E-state index contributed by atoms with van der Waals surface area (Å²) in [6.07, 6.45) is 3.55. The maximum Gasteiger partial charge on any atom is 0.308 e. The number of nitrogens with zero attached hydrogens (tertiary/aromatic N) is 2. The van der Waals surface area contributed by atoms with Gasteiger partial charge in [0.05, 0.1) is 23.0 Å². The van der Waals surface area contributed by atoms with Crippen molar-refractivity contribution in [2.45, 2.75) is 60.3 Å². The van der Waals surface area contributed by atoms with Crippen LogP contribution in [0.25, 0.3) is 11.0 Å². The van der Waals surface area contributed by atoms with Crippen molar-refractivity contribution in [2.75, 3.05) is 25.1 Å². The molecule has 3 aromatic rings. The molecule has 0 spiro atoms. The fraction of sp³-hybridized carbons (Fsp3) is 0.481. The van der Waals surface area contributed by atoms with Gasteiger partial charge >= 0.3 is 5.97 Å². The van der Waals surface area contributed by atoms with Gasteiger partial charge in [0, 0.05) is 37.5 Å². The zero-order chi connectivity index (χ0) is 24.9. The van der Waals surface area contributed by atoms with E-state index in [0.29, 0.717) is 17.4 Å². The first-order valence-electron chi connectivity index (χ1n) is 11.8. The molecule has 0 fully saturated rings. The van der Waals surface area contributed by atoms with Crippen molar-refractivity contribution >= 4 is 34.2 Å². The summed E-state index contributed by atoms with van der Waals surface area (Å²) in [4.78, 5) is 13.2. The Morgan fingerprint density at radius 3 is 2.62 bits per heavy atom. The normalized spacial score (nSPS) is 11.6. The van der Waals surface area contributed by atoms with Crippen LogP contribution >= 0.6 is 11.6 Å². The van der Waals surface area contributed by atoms with Gasteiger partial charge in [-0.2, -0.15) is 0 Å². The highest BCUT2D eigenvalue weighted by Gasteiger charge is 2.20. The van der Waals surface area contributed by atoms with Crippen LogP contribution in [0.4, 0.5) is 5.69 Å². The van der Waals surface area contributed by atoms with Gasteiger partial charge in [-0.3, -0.25) is 4.79 Å². The summed E-state index contributed by atoms with van der Waals surface area (Å²) in [6.45, 7) is 11.5. The lowest BCUT2D eigenvalue weighted by molar-refractivity contribution is -0.131. The zero-order valence-corrected chi connectivity index (χ0v) is 21.8. The Morgan fingerprint density at radius 1 is 1.21 bits per heavy atom. The van der Waals surface area contributed by atoms with Crippen LogP contribution in [-0.2, 0) is 17.6 Å². The molecule has 0 aliphatic carbocycles. The Bertz CT molecular complexity index is 1130. The number of hydrogen-bond acceptors (Lipinski definition) is 6. The van der Waals surface area contributed by atoms with Crippen molar-refractivity contribution in [1.82, 2.24) is 5.16 Å². The minimum Gasteiger partial charge on any atom is -0.493 e. The van der Waals surface area contributed by atoms with Gasteiger partial charge in [0.15, 0.2) is 5.58 Å². The lowest BCUT2D eigenvalue weighted by Gasteiger charge is -2.21. The fourth-order valence-corrected chi connectivity index (χ4v) is 4.29. The lowest BCUT2D eigenvalue weighted by Crippen LogP contribution is -2.20. The van der Waals surface area contributed by atoms with Crippen LogP contribution in [0.5, 0.6) is 11.5 Å². The van der Waals surface area contributed by atoms with Crippen LogP contribution in [0.1, 0.15) is 58.7 Å². The van der Waals surface area contributed by atoms with Gasteiger partial charge in [0.2, 0.25) is 0 Å². The Kier molecular flexibility index (Phi) is 8.47. The topological polar surface area (TPSA) is 64.8 Å². The molecule has 0 amide bonds. The number of esters is 1. The van der Waals surface area contributed by atoms with Crippen molar-refractivity contribution in [1.29, 1.82) is 0 Å². The van der Waals surface area contributed by atoms with E-state index in [4.69, 9.17) is 25.6 Å². The molecule has 2 aromatic carbocycles. The first-order valence-corrected chi connectivity index (χ1v) is 12.2. The maximum absolute atomic E-state index is 11.1. The molecule has 0 aliphatic rings. The maximum atomic E-state index is 11.1. The van der Waals surface area contributed by atoms with Gasteiger partial charge in [-0.05, 0) is 48.9 Å². The number of benzene rings is 2. The fourth-order valence-electron chi connectivity index (χ4n) is 3.97. The summed E-state index contributed by atoms with van der Waals surface area (Å²) in [7, 11) is 1.98. The summed E-state index contributed by atoms with van der Waals surface area (Å²) in [6, 6.07) is 9.37. The third kappa shape index (κ3) is 6.66. The molecule has 1 aromatic heterocycles. The molecule has 7 heteroatoms. The summed E-state index contributed by atoms with van der Waals surface area (Å²) in [5, 5.41) is 5.99. The number of hydrogen-bond donors (Lipinski definition) is 0. The Labute approximate surface area is 207 Å². The Morgan fingerprint density at radius 2 is 1.97 bits per heavy atom. The van der Waals surface area contributed by atoms with E-state index in [-0.39, 0.29) is 11.4 Å². The number of aromatic nitrogens is 1. The van der Waals surface area contributed by atoms with E-state index in [1.165, 1.54) is 6.92 Å². The number of anilines is 1. The van der Waals surface area contributed by atoms with Gasteiger partial charge in [-0.1, -0.05) is 50.9 Å². The van der Waals surface area contributed by atoms with Gasteiger partial charge in [0.25, 0.3) is 0 Å². The van der Waals surface area contributed by atoms with Crippen LogP contribution in [0.2, 0.25) is 5.02 Å². The van der Waals surface area contributed by atoms with E-state index in [1.54, 1.807) is 12.1 Å². The van der Waals surface area contributed by atoms with E-state index in [9.17, 15) is 4.79 Å². The number of halogens is 1. The highest BCUT2D eigenvalue weighted by Crippen LogP contribution is 2.34. The van der Waals surface area contributed by atoms with Crippen molar-refractivity contribution in [3.8, 4) is 11.5 Å². The molecule has 184 valence electrons. The second-order valence-electron chi connectivity index (χ2n) is 9.87. The van der Waals surface area contributed by atoms with Crippen molar-refractivity contribution < 1.29 is 18.8 Å². The number of carbonyl (C=O) groups excluding carboxylic acids is 1. The van der Waals surface area contributed by atoms with Crippen LogP contribution < -0.4 is 14.4 Å². The second-order valence-corrected chi connectivity index (χ2v) is 10.3. The molecule has 3 rings (SSSR count). The minimum absolute atomic E-state index is 0.138. The standard InChI is InChI=1S/C27H35ClN2O4/c1-7-9-21-25(13-11-20-23(17-27(3,4)5)29-34-26(20)21)32-15-8-14-30(6)24-12-10-19(16-22(24)28)33-18(2)31/h10-13,16H,7-9,14-15,17H2,1-6H3. The van der Waals surface area contributed by atoms with Crippen molar-refractivity contribution in [3.05, 3.63) is 46.6 Å². The van der Waals surface area contributed by atoms with Crippen LogP contribution in [0.15, 0.2) is 34.9 Å². The number of carbonyl (C=O) groups is 1. The smallest absolute Gasteiger partial charge is 0.308 e. The number of rotatable bonds is 10. The van der Waals surface area contributed by atoms with Gasteiger partial charge < -0.3 is 18.9 Å². The lowest BCUT2D eigenvalue weighted by atomic mass is 9.89. The van der Waals surface area contributed by atoms with Gasteiger partial charge in [-0.15, -0.1) is 0 Å². The summed E-state index contributed by atoms with van der Waals surface area (Å²) >= 11 is 6.39. The molecule has 1 heterocycles. The van der Waals surface area contributed by atoms with Crippen LogP contribution in [0, 0.1) is 5.41 Å². The van der Waals surface area contributed by atoms with E-state index < -0.39 is 0 Å². The van der Waals surface area contributed by atoms with Crippen LogP contribution in [-0.4, -0.2) is 31.3 Å². The molecule has 0 atom stereocenters. The number of ether oxygens (including phenoxy) is 2. The second kappa shape index (κ2) is 11.1. The molecule has 6 nitrogen and oxygen atoms in total. The minimum atomic E-state index is -0.370. The average Bonchev–Trinajstić information content (AvgIpc) is 3.13. The molecular formula is C27H35ClN2O4. The molecule has 34 heavy (non-hydrogen) atoms. The SMILES string of the molecule is CCCc1c(OCCCN(C)c2ccc(OC(C)=O)cc2Cl)ccc2c(CC(C)(C)C)noc12. The van der Waals surface area contributed by atoms with Crippen LogP contribution in [0.3, 0.4) is 0 Å². The van der Waals surface area contributed by atoms with Crippen molar-refractivity contribution in [3.63, 3.8) is 0 Å². The summed E-state index contributed by atoms with van der Waals surface area (Å²) < 4.78 is 17.1. The Hall–Kier alpha value is -2.73. The monoisotopic (exact) mass is 486 g/mol. The highest BCUT2D eigenvalue weighted by atomic mass is 35.5. The average molecular weight is 487 g/mol. The third-order valence-corrected chi connectivity index (χ3v) is 5.76. The predicted octanol–water partition coefficient (Wildman–Crippen LogP) is 6.85. The molecule has 0 radical (unpaired) electrons. The molecule has 0 aliphatic heterocycles. The first-order chi connectivity index (χ1) is 16.1. The quantitative estimate of drug-likeness (QED) is 0.177. The molecule has 0 saturated heterocycles. The summed E-state index contributed by atoms with van der Waals surface area (Å²) in [5.41, 5.74) is 3.95. The molecule has 0 N–H and O–H groups in total. The van der Waals surface area contributed by atoms with E-state index in [2.05, 4.69) is 43.8 Å². The van der Waals surface area contributed by atoms with Gasteiger partial charge in [-0.25, -0.2) is 0 Å². The summed E-state index contributed by atoms with van der Waals surface area (Å²) in [5.74, 6) is 0.930. The Balaban J connectivity index is 1.64.